The lowest BCUT2D eigenvalue weighted by Gasteiger charge is -2.30. The lowest BCUT2D eigenvalue weighted by molar-refractivity contribution is -0.141. The Balaban J connectivity index is 1.46. The van der Waals surface area contributed by atoms with E-state index in [1.807, 2.05) is 13.0 Å². The summed E-state index contributed by atoms with van der Waals surface area (Å²) < 4.78 is 44.7. The Kier molecular flexibility index (Phi) is 11.4. The fourth-order valence-corrected chi connectivity index (χ4v) is 7.97. The van der Waals surface area contributed by atoms with E-state index in [9.17, 15) is 32.4 Å². The highest BCUT2D eigenvalue weighted by molar-refractivity contribution is 7.91. The van der Waals surface area contributed by atoms with Gasteiger partial charge in [0.2, 0.25) is 27.7 Å². The van der Waals surface area contributed by atoms with E-state index in [1.165, 1.54) is 11.0 Å². The number of nitrogens with one attached hydrogen (secondary N) is 3. The first-order valence-electron chi connectivity index (χ1n) is 17.8. The van der Waals surface area contributed by atoms with E-state index in [4.69, 9.17) is 14.2 Å². The van der Waals surface area contributed by atoms with Crippen molar-refractivity contribution in [2.45, 2.75) is 115 Å². The van der Waals surface area contributed by atoms with Crippen molar-refractivity contribution < 1.29 is 46.6 Å². The molecule has 3 N–H and O–H groups in total. The van der Waals surface area contributed by atoms with Crippen LogP contribution in [-0.2, 0) is 33.9 Å². The van der Waals surface area contributed by atoms with Crippen LogP contribution in [0.25, 0.3) is 10.8 Å². The molecule has 5 rings (SSSR count). The first kappa shape index (κ1) is 39.5. The van der Waals surface area contributed by atoms with Gasteiger partial charge in [-0.25, -0.2) is 18.2 Å². The summed E-state index contributed by atoms with van der Waals surface area (Å²) in [5, 5.41) is 6.11. The Hall–Kier alpha value is -4.73. The number of carbonyl (C=O) groups excluding carboxylic acids is 5. The average molecular weight is 756 g/mol. The number of alkyl carbamates (subject to hydrolysis) is 1. The number of ether oxygens (including phenoxy) is 3. The number of allylic oxidation sites excluding steroid dienone is 2. The van der Waals surface area contributed by atoms with Gasteiger partial charge in [0.05, 0.1) is 18.9 Å². The Morgan fingerprint density at radius 2 is 1.83 bits per heavy atom. The third-order valence-corrected chi connectivity index (χ3v) is 11.3. The van der Waals surface area contributed by atoms with Crippen LogP contribution in [0.4, 0.5) is 4.79 Å². The number of hydrogen-bond donors (Lipinski definition) is 3. The number of carbonyl (C=O) groups is 5. The van der Waals surface area contributed by atoms with Crippen molar-refractivity contribution >= 4 is 50.4 Å². The second-order valence-corrected chi connectivity index (χ2v) is 17.2. The molecule has 3 fully saturated rings. The molecule has 2 saturated carbocycles. The Labute approximate surface area is 309 Å². The maximum absolute atomic E-state index is 14.4. The Bertz CT molecular complexity index is 1920. The molecule has 0 spiro atoms. The minimum Gasteiger partial charge on any atom is -0.497 e. The van der Waals surface area contributed by atoms with Gasteiger partial charge in [-0.3, -0.25) is 23.9 Å². The molecular weight excluding hydrogens is 706 g/mol. The summed E-state index contributed by atoms with van der Waals surface area (Å²) in [7, 11) is -2.35. The van der Waals surface area contributed by atoms with Crippen LogP contribution in [0.15, 0.2) is 42.1 Å². The number of aromatic nitrogens is 1. The molecule has 5 atom stereocenters. The zero-order chi connectivity index (χ0) is 38.9. The number of amides is 4. The van der Waals surface area contributed by atoms with E-state index in [0.717, 1.165) is 5.39 Å². The second-order valence-electron chi connectivity index (χ2n) is 15.2. The number of rotatable bonds is 14. The van der Waals surface area contributed by atoms with Gasteiger partial charge in [0.1, 0.15) is 35.1 Å². The fraction of sp³-hybridized carbons (Fsp3) is 0.568. The van der Waals surface area contributed by atoms with Crippen LogP contribution in [0, 0.1) is 5.92 Å². The fourth-order valence-electron chi connectivity index (χ4n) is 6.61. The maximum Gasteiger partial charge on any atom is 0.408 e. The summed E-state index contributed by atoms with van der Waals surface area (Å²) in [6.45, 7) is 10.1. The van der Waals surface area contributed by atoms with Crippen molar-refractivity contribution in [2.75, 3.05) is 13.7 Å². The van der Waals surface area contributed by atoms with Gasteiger partial charge < -0.3 is 29.7 Å². The lowest BCUT2D eigenvalue weighted by Crippen LogP contribution is -2.58. The van der Waals surface area contributed by atoms with Crippen molar-refractivity contribution in [2.24, 2.45) is 5.92 Å². The first-order chi connectivity index (χ1) is 24.9. The van der Waals surface area contributed by atoms with Gasteiger partial charge >= 0.3 is 6.09 Å². The van der Waals surface area contributed by atoms with Crippen LogP contribution < -0.4 is 24.8 Å². The highest BCUT2D eigenvalue weighted by atomic mass is 32.2. The molecule has 0 radical (unpaired) electrons. The SMILES string of the molecule is CCC1CC1(NC(=O)C1CC(Oc2nccc3cc(OC)ccc23)CN1C(=O)C(CC(=O)C=C(C)C)NC(=O)OC(C)(C)C)C(=O)NS(=O)(=O)C1CC1. The topological polar surface area (TPSA) is 199 Å². The van der Waals surface area contributed by atoms with Gasteiger partial charge in [0.15, 0.2) is 5.78 Å². The number of methoxy groups -OCH3 is 1. The number of fused-ring (bicyclic) bond motifs is 1. The van der Waals surface area contributed by atoms with Crippen molar-refractivity contribution in [1.82, 2.24) is 25.2 Å². The minimum atomic E-state index is -3.90. The van der Waals surface area contributed by atoms with Crippen LogP contribution in [0.2, 0.25) is 0 Å². The molecule has 16 heteroatoms. The molecule has 2 aromatic rings. The number of ketones is 1. The molecule has 15 nitrogen and oxygen atoms in total. The molecule has 1 aromatic carbocycles. The van der Waals surface area contributed by atoms with Gasteiger partial charge in [0, 0.05) is 24.4 Å². The van der Waals surface area contributed by atoms with E-state index in [-0.39, 0.29) is 31.2 Å². The third-order valence-electron chi connectivity index (χ3n) is 9.45. The molecule has 3 aliphatic rings. The van der Waals surface area contributed by atoms with Crippen LogP contribution >= 0.6 is 0 Å². The van der Waals surface area contributed by atoms with Gasteiger partial charge in [0.25, 0.3) is 5.91 Å². The van der Waals surface area contributed by atoms with Crippen LogP contribution in [-0.4, -0.2) is 96.1 Å². The van der Waals surface area contributed by atoms with Gasteiger partial charge in [-0.05, 0) is 95.5 Å². The van der Waals surface area contributed by atoms with Crippen molar-refractivity contribution in [1.29, 1.82) is 0 Å². The highest BCUT2D eigenvalue weighted by Gasteiger charge is 2.62. The Morgan fingerprint density at radius 1 is 1.11 bits per heavy atom. The van der Waals surface area contributed by atoms with E-state index < -0.39 is 80.6 Å². The maximum atomic E-state index is 14.4. The molecule has 1 aliphatic heterocycles. The summed E-state index contributed by atoms with van der Waals surface area (Å²) in [6.07, 6.45) is 2.34. The molecule has 1 aromatic heterocycles. The molecule has 2 aliphatic carbocycles. The summed E-state index contributed by atoms with van der Waals surface area (Å²) in [5.41, 5.74) is -1.72. The predicted molar refractivity (Wildman–Crippen MR) is 194 cm³/mol. The minimum absolute atomic E-state index is 0.0399. The average Bonchev–Trinajstić information content (AvgIpc) is 3.99. The number of benzene rings is 1. The summed E-state index contributed by atoms with van der Waals surface area (Å²) in [5.74, 6) is -2.16. The van der Waals surface area contributed by atoms with E-state index in [0.29, 0.717) is 36.0 Å². The third kappa shape index (κ3) is 9.45. The smallest absolute Gasteiger partial charge is 0.408 e. The van der Waals surface area contributed by atoms with Crippen LogP contribution in [0.1, 0.15) is 80.1 Å². The number of sulfonamides is 1. The van der Waals surface area contributed by atoms with Crippen molar-refractivity contribution in [3.05, 3.63) is 42.1 Å². The number of likely N-dealkylation sites (tertiary alicyclic amines) is 1. The Morgan fingerprint density at radius 3 is 2.43 bits per heavy atom. The molecule has 5 unspecified atom stereocenters. The number of nitrogens with zero attached hydrogens (tertiary/aromatic N) is 2. The molecular formula is C37H49N5O10S. The quantitative estimate of drug-likeness (QED) is 0.239. The van der Waals surface area contributed by atoms with Crippen molar-refractivity contribution in [3.8, 4) is 11.6 Å². The zero-order valence-corrected chi connectivity index (χ0v) is 32.0. The van der Waals surface area contributed by atoms with Gasteiger partial charge in [-0.15, -0.1) is 0 Å². The first-order valence-corrected chi connectivity index (χ1v) is 19.4. The summed E-state index contributed by atoms with van der Waals surface area (Å²) in [4.78, 5) is 73.8. The van der Waals surface area contributed by atoms with E-state index in [2.05, 4.69) is 20.3 Å². The predicted octanol–water partition coefficient (Wildman–Crippen LogP) is 3.30. The van der Waals surface area contributed by atoms with Gasteiger partial charge in [-0.2, -0.15) is 0 Å². The molecule has 0 bridgehead atoms. The lowest BCUT2D eigenvalue weighted by atomic mass is 10.1. The molecule has 4 amide bonds. The largest absolute Gasteiger partial charge is 0.497 e. The standard InChI is InChI=1S/C37H49N5O10S/c1-8-23-19-37(23,34(46)41-53(48,49)27-10-11-27)40-31(44)30-18-26(51-32-28-12-9-25(50-7)16-22(28)13-14-38-32)20-42(30)33(45)29(17-24(43)15-21(2)3)39-35(47)52-36(4,5)6/h9,12-16,23,26-27,29-30H,8,10-11,17-20H2,1-7H3,(H,39,47)(H,40,44)(H,41,46). The normalized spacial score (nSPS) is 23.0. The van der Waals surface area contributed by atoms with Crippen LogP contribution in [0.3, 0.4) is 0 Å². The second kappa shape index (κ2) is 15.3. The highest BCUT2D eigenvalue weighted by Crippen LogP contribution is 2.47. The number of hydrogen-bond acceptors (Lipinski definition) is 11. The van der Waals surface area contributed by atoms with E-state index >= 15 is 0 Å². The molecule has 2 heterocycles. The number of pyridine rings is 1. The monoisotopic (exact) mass is 755 g/mol. The summed E-state index contributed by atoms with van der Waals surface area (Å²) >= 11 is 0. The van der Waals surface area contributed by atoms with E-state index in [1.54, 1.807) is 66.1 Å². The zero-order valence-electron chi connectivity index (χ0n) is 31.2. The van der Waals surface area contributed by atoms with Crippen LogP contribution in [0.5, 0.6) is 11.6 Å². The molecule has 53 heavy (non-hydrogen) atoms. The molecule has 288 valence electrons. The van der Waals surface area contributed by atoms with Crippen molar-refractivity contribution in [3.63, 3.8) is 0 Å². The van der Waals surface area contributed by atoms with Gasteiger partial charge in [-0.1, -0.05) is 18.9 Å². The molecule has 1 saturated heterocycles. The summed E-state index contributed by atoms with van der Waals surface area (Å²) in [6, 6.07) is 4.48.